The largest absolute Gasteiger partial charge is 0.337 e. The summed E-state index contributed by atoms with van der Waals surface area (Å²) in [4.78, 5) is 42.6. The maximum atomic E-state index is 12.5. The molecular formula is C14H16N8O3. The molecule has 11 heteroatoms. The monoisotopic (exact) mass is 344 g/mol. The Morgan fingerprint density at radius 3 is 2.68 bits per heavy atom. The van der Waals surface area contributed by atoms with E-state index in [0.717, 1.165) is 4.57 Å². The van der Waals surface area contributed by atoms with E-state index in [2.05, 4.69) is 15.3 Å². The molecule has 0 bridgehead atoms. The minimum atomic E-state index is -0.465. The van der Waals surface area contributed by atoms with Crippen molar-refractivity contribution in [3.05, 3.63) is 39.6 Å². The van der Waals surface area contributed by atoms with Crippen LogP contribution < -0.4 is 11.2 Å². The predicted molar refractivity (Wildman–Crippen MR) is 85.9 cm³/mol. The molecule has 0 N–H and O–H groups in total. The lowest BCUT2D eigenvalue weighted by atomic mass is 10.1. The summed E-state index contributed by atoms with van der Waals surface area (Å²) in [5.41, 5.74) is -0.406. The number of fused-ring (bicyclic) bond motifs is 1. The Morgan fingerprint density at radius 1 is 1.24 bits per heavy atom. The number of hydrogen-bond donors (Lipinski definition) is 0. The number of carbonyl (C=O) groups excluding carboxylic acids is 1. The molecule has 0 aliphatic carbocycles. The van der Waals surface area contributed by atoms with E-state index in [4.69, 9.17) is 0 Å². The van der Waals surface area contributed by atoms with Gasteiger partial charge in [-0.15, -0.1) is 5.10 Å². The van der Waals surface area contributed by atoms with Gasteiger partial charge in [-0.3, -0.25) is 18.7 Å². The zero-order chi connectivity index (χ0) is 17.7. The number of likely N-dealkylation sites (tertiary alicyclic amines) is 1. The standard InChI is InChI=1S/C14H16N8O3/c1-18-12-11(13(24)19(2)14(18)25)21(8-15-12)7-10(23)20-5-9(6-20)22-4-3-16-17-22/h3-4,8-9H,5-7H2,1-2H3. The first kappa shape index (κ1) is 15.3. The summed E-state index contributed by atoms with van der Waals surface area (Å²) in [5, 5.41) is 7.68. The van der Waals surface area contributed by atoms with E-state index >= 15 is 0 Å². The molecule has 4 heterocycles. The van der Waals surface area contributed by atoms with Crippen LogP contribution in [-0.2, 0) is 25.4 Å². The summed E-state index contributed by atoms with van der Waals surface area (Å²) in [7, 11) is 2.95. The number of aryl methyl sites for hydroxylation is 1. The van der Waals surface area contributed by atoms with Gasteiger partial charge in [0.2, 0.25) is 5.91 Å². The molecule has 0 spiro atoms. The second-order valence-corrected chi connectivity index (χ2v) is 6.09. The second kappa shape index (κ2) is 5.40. The number of carbonyl (C=O) groups is 1. The van der Waals surface area contributed by atoms with E-state index in [1.54, 1.807) is 29.0 Å². The van der Waals surface area contributed by atoms with Crippen LogP contribution in [-0.4, -0.2) is 57.6 Å². The van der Waals surface area contributed by atoms with E-state index in [-0.39, 0.29) is 29.7 Å². The summed E-state index contributed by atoms with van der Waals surface area (Å²) in [6, 6.07) is 0.125. The molecule has 1 saturated heterocycles. The topological polar surface area (TPSA) is 113 Å². The Kier molecular flexibility index (Phi) is 3.30. The van der Waals surface area contributed by atoms with Crippen LogP contribution in [0, 0.1) is 0 Å². The van der Waals surface area contributed by atoms with Crippen molar-refractivity contribution in [2.45, 2.75) is 12.6 Å². The highest BCUT2D eigenvalue weighted by atomic mass is 16.2. The number of nitrogens with zero attached hydrogens (tertiary/aromatic N) is 8. The van der Waals surface area contributed by atoms with Crippen molar-refractivity contribution < 1.29 is 4.79 Å². The van der Waals surface area contributed by atoms with Crippen molar-refractivity contribution in [1.82, 2.24) is 38.6 Å². The van der Waals surface area contributed by atoms with Crippen molar-refractivity contribution in [3.63, 3.8) is 0 Å². The van der Waals surface area contributed by atoms with Gasteiger partial charge < -0.3 is 9.47 Å². The maximum Gasteiger partial charge on any atom is 0.332 e. The quantitative estimate of drug-likeness (QED) is 0.549. The van der Waals surface area contributed by atoms with Gasteiger partial charge in [-0.2, -0.15) is 0 Å². The molecule has 3 aromatic heterocycles. The third-order valence-electron chi connectivity index (χ3n) is 4.55. The van der Waals surface area contributed by atoms with Gasteiger partial charge in [0.05, 0.1) is 18.6 Å². The Morgan fingerprint density at radius 2 is 2.00 bits per heavy atom. The van der Waals surface area contributed by atoms with Crippen LogP contribution in [0.15, 0.2) is 28.3 Å². The third-order valence-corrected chi connectivity index (χ3v) is 4.55. The molecule has 1 amide bonds. The molecular weight excluding hydrogens is 328 g/mol. The number of hydrogen-bond acceptors (Lipinski definition) is 6. The molecule has 1 fully saturated rings. The molecule has 1 aliphatic rings. The van der Waals surface area contributed by atoms with E-state index in [1.165, 1.54) is 22.5 Å². The zero-order valence-electron chi connectivity index (χ0n) is 13.7. The maximum absolute atomic E-state index is 12.5. The van der Waals surface area contributed by atoms with Crippen molar-refractivity contribution >= 4 is 17.1 Å². The predicted octanol–water partition coefficient (Wildman–Crippen LogP) is -1.89. The summed E-state index contributed by atoms with van der Waals surface area (Å²) in [6.07, 6.45) is 4.78. The molecule has 4 rings (SSSR count). The molecule has 11 nitrogen and oxygen atoms in total. The van der Waals surface area contributed by atoms with Crippen LogP contribution in [0.5, 0.6) is 0 Å². The fourth-order valence-electron chi connectivity index (χ4n) is 3.00. The highest BCUT2D eigenvalue weighted by Gasteiger charge is 2.32. The second-order valence-electron chi connectivity index (χ2n) is 6.09. The van der Waals surface area contributed by atoms with Gasteiger partial charge in [0.15, 0.2) is 11.2 Å². The van der Waals surface area contributed by atoms with Gasteiger partial charge in [0.25, 0.3) is 5.56 Å². The number of aromatic nitrogens is 7. The molecule has 0 saturated carbocycles. The Bertz CT molecular complexity index is 1070. The molecule has 0 atom stereocenters. The van der Waals surface area contributed by atoms with Crippen LogP contribution in [0.2, 0.25) is 0 Å². The average molecular weight is 344 g/mol. The molecule has 0 unspecified atom stereocenters. The Labute approximate surface area is 140 Å². The van der Waals surface area contributed by atoms with E-state index < -0.39 is 11.2 Å². The molecule has 130 valence electrons. The number of imidazole rings is 1. The van der Waals surface area contributed by atoms with Crippen molar-refractivity contribution in [2.75, 3.05) is 13.1 Å². The summed E-state index contributed by atoms with van der Waals surface area (Å²) < 4.78 is 5.52. The van der Waals surface area contributed by atoms with Gasteiger partial charge in [-0.05, 0) is 0 Å². The van der Waals surface area contributed by atoms with Gasteiger partial charge in [0, 0.05) is 33.4 Å². The van der Waals surface area contributed by atoms with Crippen molar-refractivity contribution in [1.29, 1.82) is 0 Å². The SMILES string of the molecule is Cn1c(=O)c2c(ncn2CC(=O)N2CC(n3ccnn3)C2)n(C)c1=O. The first-order valence-electron chi connectivity index (χ1n) is 7.72. The Balaban J connectivity index is 1.57. The third kappa shape index (κ3) is 2.27. The van der Waals surface area contributed by atoms with Crippen LogP contribution in [0.25, 0.3) is 11.2 Å². The average Bonchev–Trinajstić information content (AvgIpc) is 3.19. The lowest BCUT2D eigenvalue weighted by Crippen LogP contribution is -2.52. The van der Waals surface area contributed by atoms with E-state index in [0.29, 0.717) is 13.1 Å². The summed E-state index contributed by atoms with van der Waals surface area (Å²) in [5.74, 6) is -0.119. The van der Waals surface area contributed by atoms with Crippen LogP contribution >= 0.6 is 0 Å². The van der Waals surface area contributed by atoms with E-state index in [1.807, 2.05) is 0 Å². The highest BCUT2D eigenvalue weighted by molar-refractivity contribution is 5.79. The van der Waals surface area contributed by atoms with Crippen molar-refractivity contribution in [3.8, 4) is 0 Å². The molecule has 0 radical (unpaired) electrons. The number of amides is 1. The zero-order valence-corrected chi connectivity index (χ0v) is 13.7. The van der Waals surface area contributed by atoms with Crippen LogP contribution in [0.3, 0.4) is 0 Å². The smallest absolute Gasteiger partial charge is 0.332 e. The molecule has 25 heavy (non-hydrogen) atoms. The highest BCUT2D eigenvalue weighted by Crippen LogP contribution is 2.20. The molecule has 3 aromatic rings. The molecule has 0 aromatic carbocycles. The minimum Gasteiger partial charge on any atom is -0.337 e. The van der Waals surface area contributed by atoms with Gasteiger partial charge in [0.1, 0.15) is 6.54 Å². The Hall–Kier alpha value is -3.24. The van der Waals surface area contributed by atoms with Crippen LogP contribution in [0.4, 0.5) is 0 Å². The van der Waals surface area contributed by atoms with Gasteiger partial charge >= 0.3 is 5.69 Å². The fraction of sp³-hybridized carbons (Fsp3) is 0.429. The van der Waals surface area contributed by atoms with Crippen molar-refractivity contribution in [2.24, 2.45) is 14.1 Å². The van der Waals surface area contributed by atoms with Crippen LogP contribution in [0.1, 0.15) is 6.04 Å². The van der Waals surface area contributed by atoms with Gasteiger partial charge in [-0.25, -0.2) is 14.5 Å². The summed E-state index contributed by atoms with van der Waals surface area (Å²) in [6.45, 7) is 1.09. The fourth-order valence-corrected chi connectivity index (χ4v) is 3.00. The van der Waals surface area contributed by atoms with E-state index in [9.17, 15) is 14.4 Å². The lowest BCUT2D eigenvalue weighted by Gasteiger charge is -2.38. The minimum absolute atomic E-state index is 0.00593. The lowest BCUT2D eigenvalue weighted by molar-refractivity contribution is -0.137. The first-order chi connectivity index (χ1) is 12.0. The molecule has 1 aliphatic heterocycles. The summed E-state index contributed by atoms with van der Waals surface area (Å²) >= 11 is 0. The number of rotatable bonds is 3. The normalized spacial score (nSPS) is 14.9. The van der Waals surface area contributed by atoms with Gasteiger partial charge in [-0.1, -0.05) is 5.21 Å². The first-order valence-corrected chi connectivity index (χ1v) is 7.72.